The summed E-state index contributed by atoms with van der Waals surface area (Å²) in [6.45, 7) is 0.190. The lowest BCUT2D eigenvalue weighted by Gasteiger charge is -2.25. The molecule has 1 saturated carbocycles. The number of nitro groups is 1. The standard InChI is InChI=1S/C10H11N3O6/c14-9(15)6-7(13(18)19)8(10(16)17)12(11-6)4-5-2-1-3-5/h5H,1-4H2,(H,14,15)(H,16,17). The molecular formula is C10H11N3O6. The van der Waals surface area contributed by atoms with Crippen molar-refractivity contribution in [1.29, 1.82) is 0 Å². The van der Waals surface area contributed by atoms with Gasteiger partial charge in [-0.05, 0) is 18.8 Å². The fourth-order valence-electron chi connectivity index (χ4n) is 2.03. The molecule has 9 heteroatoms. The summed E-state index contributed by atoms with van der Waals surface area (Å²) in [7, 11) is 0. The van der Waals surface area contributed by atoms with Crippen molar-refractivity contribution >= 4 is 17.6 Å². The summed E-state index contributed by atoms with van der Waals surface area (Å²) in [5.74, 6) is -2.97. The van der Waals surface area contributed by atoms with E-state index < -0.39 is 33.9 Å². The smallest absolute Gasteiger partial charge is 0.363 e. The number of carboxylic acids is 2. The Morgan fingerprint density at radius 3 is 2.37 bits per heavy atom. The van der Waals surface area contributed by atoms with Gasteiger partial charge < -0.3 is 10.2 Å². The molecule has 0 atom stereocenters. The molecule has 0 aliphatic heterocycles. The highest BCUT2D eigenvalue weighted by Crippen LogP contribution is 2.30. The second-order valence-corrected chi connectivity index (χ2v) is 4.39. The topological polar surface area (TPSA) is 136 Å². The molecule has 2 rings (SSSR count). The van der Waals surface area contributed by atoms with Crippen molar-refractivity contribution in [3.8, 4) is 0 Å². The molecule has 2 N–H and O–H groups in total. The van der Waals surface area contributed by atoms with E-state index in [1.54, 1.807) is 0 Å². The van der Waals surface area contributed by atoms with Crippen LogP contribution in [0.25, 0.3) is 0 Å². The number of rotatable bonds is 5. The summed E-state index contributed by atoms with van der Waals surface area (Å²) in [4.78, 5) is 31.9. The molecule has 102 valence electrons. The molecule has 0 unspecified atom stereocenters. The summed E-state index contributed by atoms with van der Waals surface area (Å²) < 4.78 is 0.924. The summed E-state index contributed by atoms with van der Waals surface area (Å²) in [5.41, 5.74) is -2.46. The maximum atomic E-state index is 11.1. The van der Waals surface area contributed by atoms with Crippen LogP contribution < -0.4 is 0 Å². The lowest BCUT2D eigenvalue weighted by atomic mass is 9.85. The van der Waals surface area contributed by atoms with Crippen LogP contribution >= 0.6 is 0 Å². The van der Waals surface area contributed by atoms with Gasteiger partial charge in [0.2, 0.25) is 11.4 Å². The van der Waals surface area contributed by atoms with E-state index in [1.165, 1.54) is 0 Å². The van der Waals surface area contributed by atoms with Gasteiger partial charge in [-0.2, -0.15) is 5.10 Å². The zero-order valence-corrected chi connectivity index (χ0v) is 9.77. The predicted octanol–water partition coefficient (Wildman–Crippen LogP) is 0.988. The zero-order chi connectivity index (χ0) is 14.2. The van der Waals surface area contributed by atoms with Crippen LogP contribution in [0.1, 0.15) is 40.2 Å². The van der Waals surface area contributed by atoms with E-state index in [0.29, 0.717) is 0 Å². The molecule has 9 nitrogen and oxygen atoms in total. The van der Waals surface area contributed by atoms with Crippen LogP contribution in [0.4, 0.5) is 5.69 Å². The predicted molar refractivity (Wildman–Crippen MR) is 60.1 cm³/mol. The van der Waals surface area contributed by atoms with Gasteiger partial charge in [0.05, 0.1) is 4.92 Å². The molecule has 0 amide bonds. The van der Waals surface area contributed by atoms with Gasteiger partial charge in [-0.3, -0.25) is 14.8 Å². The van der Waals surface area contributed by atoms with Crippen molar-refractivity contribution in [3.63, 3.8) is 0 Å². The number of aromatic nitrogens is 2. The Hall–Kier alpha value is -2.45. The normalized spacial score (nSPS) is 14.9. The maximum absolute atomic E-state index is 11.1. The van der Waals surface area contributed by atoms with Crippen LogP contribution in [0, 0.1) is 16.0 Å². The number of hydrogen-bond acceptors (Lipinski definition) is 5. The first-order valence-electron chi connectivity index (χ1n) is 5.63. The summed E-state index contributed by atoms with van der Waals surface area (Å²) in [6.07, 6.45) is 2.78. The molecule has 1 heterocycles. The number of carboxylic acid groups (broad SMARTS) is 2. The molecule has 0 spiro atoms. The molecule has 0 saturated heterocycles. The summed E-state index contributed by atoms with van der Waals surface area (Å²) in [6, 6.07) is 0. The Kier molecular flexibility index (Phi) is 3.19. The maximum Gasteiger partial charge on any atom is 0.363 e. The largest absolute Gasteiger partial charge is 0.476 e. The molecule has 1 aliphatic carbocycles. The van der Waals surface area contributed by atoms with E-state index in [-0.39, 0.29) is 12.5 Å². The molecule has 1 fully saturated rings. The molecule has 19 heavy (non-hydrogen) atoms. The van der Waals surface area contributed by atoms with Crippen LogP contribution in [-0.2, 0) is 6.54 Å². The molecule has 1 aromatic heterocycles. The van der Waals surface area contributed by atoms with E-state index in [0.717, 1.165) is 23.9 Å². The van der Waals surface area contributed by atoms with E-state index in [4.69, 9.17) is 10.2 Å². The fourth-order valence-corrected chi connectivity index (χ4v) is 2.03. The van der Waals surface area contributed by atoms with Crippen molar-refractivity contribution in [2.24, 2.45) is 5.92 Å². The summed E-state index contributed by atoms with van der Waals surface area (Å²) in [5, 5.41) is 32.3. The molecule has 0 bridgehead atoms. The van der Waals surface area contributed by atoms with E-state index in [2.05, 4.69) is 5.10 Å². The number of aromatic carboxylic acids is 2. The second-order valence-electron chi connectivity index (χ2n) is 4.39. The number of nitrogens with zero attached hydrogens (tertiary/aromatic N) is 3. The Morgan fingerprint density at radius 2 is 2.00 bits per heavy atom. The van der Waals surface area contributed by atoms with Gasteiger partial charge in [0.1, 0.15) is 0 Å². The van der Waals surface area contributed by atoms with Crippen LogP contribution in [0.2, 0.25) is 0 Å². The van der Waals surface area contributed by atoms with Crippen LogP contribution in [-0.4, -0.2) is 36.9 Å². The lowest BCUT2D eigenvalue weighted by molar-refractivity contribution is -0.385. The quantitative estimate of drug-likeness (QED) is 0.600. The van der Waals surface area contributed by atoms with Gasteiger partial charge in [-0.1, -0.05) is 6.42 Å². The lowest BCUT2D eigenvalue weighted by Crippen LogP contribution is -2.22. The first-order chi connectivity index (χ1) is 8.91. The minimum absolute atomic E-state index is 0.190. The molecule has 0 radical (unpaired) electrons. The van der Waals surface area contributed by atoms with Crippen molar-refractivity contribution in [2.45, 2.75) is 25.8 Å². The van der Waals surface area contributed by atoms with Crippen molar-refractivity contribution in [2.75, 3.05) is 0 Å². The van der Waals surface area contributed by atoms with Gasteiger partial charge >= 0.3 is 17.6 Å². The third-order valence-electron chi connectivity index (χ3n) is 3.17. The highest BCUT2D eigenvalue weighted by atomic mass is 16.6. The first kappa shape index (κ1) is 13.0. The highest BCUT2D eigenvalue weighted by Gasteiger charge is 2.36. The average Bonchev–Trinajstić information content (AvgIpc) is 2.62. The van der Waals surface area contributed by atoms with Crippen molar-refractivity contribution in [1.82, 2.24) is 9.78 Å². The van der Waals surface area contributed by atoms with Gasteiger partial charge in [0.15, 0.2) is 0 Å². The third-order valence-corrected chi connectivity index (χ3v) is 3.17. The van der Waals surface area contributed by atoms with Crippen molar-refractivity contribution < 1.29 is 24.7 Å². The van der Waals surface area contributed by atoms with Crippen molar-refractivity contribution in [3.05, 3.63) is 21.5 Å². The van der Waals surface area contributed by atoms with Gasteiger partial charge in [0.25, 0.3) is 0 Å². The Balaban J connectivity index is 2.51. The fraction of sp³-hybridized carbons (Fsp3) is 0.500. The monoisotopic (exact) mass is 269 g/mol. The third kappa shape index (κ3) is 2.26. The minimum Gasteiger partial charge on any atom is -0.476 e. The zero-order valence-electron chi connectivity index (χ0n) is 9.77. The van der Waals surface area contributed by atoms with Crippen LogP contribution in [0.3, 0.4) is 0 Å². The Labute approximate surface area is 106 Å². The first-order valence-corrected chi connectivity index (χ1v) is 5.63. The van der Waals surface area contributed by atoms with Crippen LogP contribution in [0.5, 0.6) is 0 Å². The summed E-state index contributed by atoms with van der Waals surface area (Å²) >= 11 is 0. The molecule has 1 aliphatic rings. The Morgan fingerprint density at radius 1 is 1.37 bits per heavy atom. The number of carbonyl (C=O) groups is 2. The molecule has 0 aromatic carbocycles. The van der Waals surface area contributed by atoms with E-state index in [1.807, 2.05) is 0 Å². The Bertz CT molecular complexity index is 560. The van der Waals surface area contributed by atoms with E-state index in [9.17, 15) is 19.7 Å². The van der Waals surface area contributed by atoms with E-state index >= 15 is 0 Å². The number of hydrogen-bond donors (Lipinski definition) is 2. The molecular weight excluding hydrogens is 258 g/mol. The average molecular weight is 269 g/mol. The van der Waals surface area contributed by atoms with Gasteiger partial charge in [-0.15, -0.1) is 0 Å². The van der Waals surface area contributed by atoms with Gasteiger partial charge in [0, 0.05) is 6.54 Å². The highest BCUT2D eigenvalue weighted by molar-refractivity contribution is 5.98. The van der Waals surface area contributed by atoms with Gasteiger partial charge in [-0.25, -0.2) is 9.59 Å². The minimum atomic E-state index is -1.61. The molecule has 1 aromatic rings. The SMILES string of the molecule is O=C(O)c1nn(CC2CCC2)c(C(=O)O)c1[N+](=O)[O-]. The van der Waals surface area contributed by atoms with Crippen LogP contribution in [0.15, 0.2) is 0 Å². The second kappa shape index (κ2) is 4.67.